The molecule has 6 nitrogen and oxygen atoms in total. The van der Waals surface area contributed by atoms with Crippen LogP contribution in [0.15, 0.2) is 50.1 Å². The van der Waals surface area contributed by atoms with Crippen molar-refractivity contribution in [3.8, 4) is 22.8 Å². The van der Waals surface area contributed by atoms with Crippen molar-refractivity contribution in [1.82, 2.24) is 29.5 Å². The molecular formula is C26H22N6. The minimum Gasteiger partial charge on any atom is -0.324 e. The Bertz CT molecular complexity index is 1550. The Labute approximate surface area is 185 Å². The molecule has 3 aromatic heterocycles. The first kappa shape index (κ1) is 19.6. The average molecular weight is 419 g/mol. The first-order valence-electron chi connectivity index (χ1n) is 10.3. The number of aromatic nitrogens is 6. The number of H-pyrrole nitrogens is 1. The Kier molecular flexibility index (Phi) is 4.56. The lowest BCUT2D eigenvalue weighted by molar-refractivity contribution is 0.964. The summed E-state index contributed by atoms with van der Waals surface area (Å²) >= 11 is 0. The highest BCUT2D eigenvalue weighted by Gasteiger charge is 2.21. The highest BCUT2D eigenvalue weighted by Crippen LogP contribution is 2.35. The van der Waals surface area contributed by atoms with Crippen molar-refractivity contribution in [2.75, 3.05) is 0 Å². The van der Waals surface area contributed by atoms with Crippen LogP contribution in [-0.4, -0.2) is 29.5 Å². The molecule has 1 aliphatic rings. The van der Waals surface area contributed by atoms with Crippen LogP contribution in [0, 0.1) is 0 Å². The Hall–Kier alpha value is -4.32. The van der Waals surface area contributed by atoms with E-state index in [9.17, 15) is 0 Å². The van der Waals surface area contributed by atoms with Crippen LogP contribution in [0.2, 0.25) is 0 Å². The highest BCUT2D eigenvalue weighted by molar-refractivity contribution is 5.90. The van der Waals surface area contributed by atoms with Crippen LogP contribution >= 0.6 is 0 Å². The number of nitrogens with one attached hydrogen (secondary N) is 1. The number of benzene rings is 1. The van der Waals surface area contributed by atoms with Crippen LogP contribution in [-0.2, 0) is 7.05 Å². The van der Waals surface area contributed by atoms with Crippen LogP contribution in [0.1, 0.15) is 29.2 Å². The van der Waals surface area contributed by atoms with Crippen molar-refractivity contribution in [3.05, 3.63) is 72.3 Å². The van der Waals surface area contributed by atoms with Crippen LogP contribution in [0.4, 0.5) is 0 Å². The third kappa shape index (κ3) is 2.73. The van der Waals surface area contributed by atoms with Gasteiger partial charge in [-0.05, 0) is 6.92 Å². The van der Waals surface area contributed by atoms with Gasteiger partial charge in [0.25, 0.3) is 0 Å². The summed E-state index contributed by atoms with van der Waals surface area (Å²) in [5.74, 6) is 1.21. The molecular weight excluding hydrogens is 396 g/mol. The normalized spacial score (nSPS) is 11.7. The van der Waals surface area contributed by atoms with Gasteiger partial charge in [-0.2, -0.15) is 0 Å². The molecule has 1 aliphatic heterocycles. The van der Waals surface area contributed by atoms with E-state index in [-0.39, 0.29) is 0 Å². The van der Waals surface area contributed by atoms with Crippen LogP contribution in [0.3, 0.4) is 0 Å². The van der Waals surface area contributed by atoms with Crippen molar-refractivity contribution in [3.63, 3.8) is 0 Å². The molecule has 0 amide bonds. The SMILES string of the molecule is C=Cc1c(/C=C\C)c2nc3nc(nc4c(C=C)c(C=C)c(nc1[nH]2)n4C)-c1ccccc1-3. The van der Waals surface area contributed by atoms with E-state index < -0.39 is 0 Å². The quantitative estimate of drug-likeness (QED) is 0.390. The molecule has 4 heterocycles. The summed E-state index contributed by atoms with van der Waals surface area (Å²) in [5, 5.41) is 0. The fraction of sp³-hybridized carbons (Fsp3) is 0.0769. The van der Waals surface area contributed by atoms with Gasteiger partial charge in [-0.1, -0.05) is 74.4 Å². The minimum atomic E-state index is 0.604. The highest BCUT2D eigenvalue weighted by atomic mass is 15.1. The van der Waals surface area contributed by atoms with Crippen molar-refractivity contribution >= 4 is 46.9 Å². The van der Waals surface area contributed by atoms with E-state index in [0.717, 1.165) is 33.4 Å². The molecule has 0 spiro atoms. The molecule has 0 unspecified atom stereocenters. The van der Waals surface area contributed by atoms with E-state index in [0.29, 0.717) is 34.2 Å². The van der Waals surface area contributed by atoms with Crippen LogP contribution in [0.25, 0.3) is 69.7 Å². The van der Waals surface area contributed by atoms with Crippen LogP contribution in [0.5, 0.6) is 0 Å². The maximum atomic E-state index is 4.96. The number of allylic oxidation sites excluding steroid dienone is 1. The Balaban J connectivity index is 2.12. The van der Waals surface area contributed by atoms with Gasteiger partial charge >= 0.3 is 0 Å². The topological polar surface area (TPSA) is 72.3 Å². The smallest absolute Gasteiger partial charge is 0.164 e. The van der Waals surface area contributed by atoms with Crippen molar-refractivity contribution < 1.29 is 0 Å². The number of hydrogen-bond donors (Lipinski definition) is 1. The third-order valence-corrected chi connectivity index (χ3v) is 5.66. The molecule has 32 heavy (non-hydrogen) atoms. The van der Waals surface area contributed by atoms with Gasteiger partial charge in [0.1, 0.15) is 22.6 Å². The minimum absolute atomic E-state index is 0.604. The summed E-state index contributed by atoms with van der Waals surface area (Å²) in [7, 11) is 1.93. The summed E-state index contributed by atoms with van der Waals surface area (Å²) in [6.07, 6.45) is 9.33. The Morgan fingerprint density at radius 3 is 1.91 bits per heavy atom. The van der Waals surface area contributed by atoms with Crippen molar-refractivity contribution in [2.24, 2.45) is 7.05 Å². The Morgan fingerprint density at radius 1 is 0.750 bits per heavy atom. The number of rotatable bonds is 4. The number of aromatic amines is 1. The summed E-state index contributed by atoms with van der Waals surface area (Å²) < 4.78 is 1.94. The summed E-state index contributed by atoms with van der Waals surface area (Å²) in [5.41, 5.74) is 8.11. The molecule has 0 aliphatic carbocycles. The molecule has 0 radical (unpaired) electrons. The largest absolute Gasteiger partial charge is 0.324 e. The molecule has 0 saturated heterocycles. The standard InChI is InChI=1S/C26H22N6/c1-6-12-18-15(7-2)21-27-22(18)28-23-19-13-10-11-14-20(19)24(29-23)31-26-17(9-4)16(8-3)25(30-21)32(26)5/h6-14H,2-4H2,1,5H3,(H,27,28,29,30,31)/b12-6-. The molecule has 5 rings (SSSR count). The molecule has 6 heteroatoms. The predicted molar refractivity (Wildman–Crippen MR) is 133 cm³/mol. The summed E-state index contributed by atoms with van der Waals surface area (Å²) in [4.78, 5) is 23.0. The fourth-order valence-corrected chi connectivity index (χ4v) is 4.17. The zero-order valence-corrected chi connectivity index (χ0v) is 18.1. The maximum Gasteiger partial charge on any atom is 0.164 e. The van der Waals surface area contributed by atoms with Gasteiger partial charge in [0.15, 0.2) is 11.6 Å². The molecule has 1 N–H and O–H groups in total. The molecule has 6 bridgehead atoms. The van der Waals surface area contributed by atoms with E-state index in [1.807, 2.05) is 55.0 Å². The molecule has 1 aromatic carbocycles. The van der Waals surface area contributed by atoms with E-state index >= 15 is 0 Å². The zero-order chi connectivity index (χ0) is 22.4. The van der Waals surface area contributed by atoms with E-state index in [4.69, 9.17) is 19.9 Å². The van der Waals surface area contributed by atoms with E-state index in [2.05, 4.69) is 24.7 Å². The second kappa shape index (κ2) is 7.42. The number of aryl methyl sites for hydroxylation is 1. The Morgan fingerprint density at radius 2 is 1.31 bits per heavy atom. The lowest BCUT2D eigenvalue weighted by Crippen LogP contribution is -1.93. The number of fused-ring (bicyclic) bond motifs is 9. The predicted octanol–water partition coefficient (Wildman–Crippen LogP) is 5.97. The van der Waals surface area contributed by atoms with Gasteiger partial charge in [-0.3, -0.25) is 0 Å². The third-order valence-electron chi connectivity index (χ3n) is 5.66. The molecule has 0 saturated carbocycles. The van der Waals surface area contributed by atoms with E-state index in [1.54, 1.807) is 18.2 Å². The second-order valence-electron chi connectivity index (χ2n) is 7.44. The van der Waals surface area contributed by atoms with Crippen LogP contribution < -0.4 is 0 Å². The molecule has 0 fully saturated rings. The number of nitrogens with zero attached hydrogens (tertiary/aromatic N) is 5. The molecule has 156 valence electrons. The first-order valence-corrected chi connectivity index (χ1v) is 10.3. The van der Waals surface area contributed by atoms with Gasteiger partial charge in [0.2, 0.25) is 0 Å². The fourth-order valence-electron chi connectivity index (χ4n) is 4.17. The monoisotopic (exact) mass is 418 g/mol. The van der Waals surface area contributed by atoms with Gasteiger partial charge in [0, 0.05) is 40.4 Å². The molecule has 0 atom stereocenters. The number of hydrogen-bond acceptors (Lipinski definition) is 4. The lowest BCUT2D eigenvalue weighted by Gasteiger charge is -1.98. The maximum absolute atomic E-state index is 4.96. The van der Waals surface area contributed by atoms with Gasteiger partial charge in [-0.15, -0.1) is 0 Å². The summed E-state index contributed by atoms with van der Waals surface area (Å²) in [6.45, 7) is 14.0. The first-order chi connectivity index (χ1) is 15.6. The molecule has 4 aromatic rings. The second-order valence-corrected chi connectivity index (χ2v) is 7.44. The van der Waals surface area contributed by atoms with Crippen molar-refractivity contribution in [1.29, 1.82) is 0 Å². The zero-order valence-electron chi connectivity index (χ0n) is 18.1. The van der Waals surface area contributed by atoms with Crippen molar-refractivity contribution in [2.45, 2.75) is 6.92 Å². The van der Waals surface area contributed by atoms with E-state index in [1.165, 1.54) is 0 Å². The van der Waals surface area contributed by atoms with Gasteiger partial charge in [-0.25, -0.2) is 19.9 Å². The van der Waals surface area contributed by atoms with Gasteiger partial charge in [0.05, 0.1) is 0 Å². The summed E-state index contributed by atoms with van der Waals surface area (Å²) in [6, 6.07) is 7.98. The average Bonchev–Trinajstić information content (AvgIpc) is 3.40. The van der Waals surface area contributed by atoms with Gasteiger partial charge < -0.3 is 9.55 Å². The lowest BCUT2D eigenvalue weighted by atomic mass is 10.1.